The lowest BCUT2D eigenvalue weighted by Crippen LogP contribution is -1.99. The van der Waals surface area contributed by atoms with Gasteiger partial charge in [-0.05, 0) is 54.6 Å². The Morgan fingerprint density at radius 2 is 1.91 bits per heavy atom. The fourth-order valence-corrected chi connectivity index (χ4v) is 3.00. The van der Waals surface area contributed by atoms with Crippen LogP contribution in [0.3, 0.4) is 0 Å². The third kappa shape index (κ3) is 3.07. The van der Waals surface area contributed by atoms with E-state index in [0.717, 1.165) is 24.9 Å². The minimum atomic E-state index is -0.406. The van der Waals surface area contributed by atoms with Crippen LogP contribution in [0.15, 0.2) is 54.7 Å². The molecule has 22 heavy (non-hydrogen) atoms. The number of rotatable bonds is 5. The molecule has 0 radical (unpaired) electrons. The molecule has 0 unspecified atom stereocenters. The van der Waals surface area contributed by atoms with Crippen LogP contribution in [0.5, 0.6) is 0 Å². The maximum atomic E-state index is 11.4. The van der Waals surface area contributed by atoms with Crippen molar-refractivity contribution in [1.29, 1.82) is 0 Å². The van der Waals surface area contributed by atoms with Gasteiger partial charge >= 0.3 is 0 Å². The van der Waals surface area contributed by atoms with Crippen LogP contribution in [0.4, 0.5) is 0 Å². The van der Waals surface area contributed by atoms with Gasteiger partial charge in [0, 0.05) is 29.2 Å². The largest absolute Gasteiger partial charge is 0.347 e. The van der Waals surface area contributed by atoms with E-state index in [9.17, 15) is 4.79 Å². The standard InChI is InChI=1S/C19H18ClNO/c1-14-13-21(11-5-8-15-6-3-2-4-7-15)18-12-16(19(20)22)9-10-17(14)18/h2-4,6-7,9-10,12-13H,5,8,11H2,1H3. The lowest BCUT2D eigenvalue weighted by Gasteiger charge is -2.06. The summed E-state index contributed by atoms with van der Waals surface area (Å²) in [5.41, 5.74) is 4.21. The van der Waals surface area contributed by atoms with Crippen molar-refractivity contribution in [2.45, 2.75) is 26.3 Å². The predicted octanol–water partition coefficient (Wildman–Crippen LogP) is 4.96. The molecule has 0 bridgehead atoms. The summed E-state index contributed by atoms with van der Waals surface area (Å²) in [7, 11) is 0. The summed E-state index contributed by atoms with van der Waals surface area (Å²) < 4.78 is 2.22. The van der Waals surface area contributed by atoms with Crippen LogP contribution in [0.25, 0.3) is 10.9 Å². The molecule has 0 saturated carbocycles. The second-order valence-corrected chi connectivity index (χ2v) is 5.94. The molecule has 0 aliphatic carbocycles. The Labute approximate surface area is 135 Å². The number of benzene rings is 2. The van der Waals surface area contributed by atoms with E-state index in [-0.39, 0.29) is 0 Å². The molecule has 1 heterocycles. The molecule has 2 nitrogen and oxygen atoms in total. The van der Waals surface area contributed by atoms with E-state index in [1.807, 2.05) is 18.2 Å². The highest BCUT2D eigenvalue weighted by molar-refractivity contribution is 6.67. The van der Waals surface area contributed by atoms with Gasteiger partial charge in [0.1, 0.15) is 0 Å². The number of aryl methyl sites for hydroxylation is 3. The number of aromatic nitrogens is 1. The van der Waals surface area contributed by atoms with Crippen molar-refractivity contribution in [1.82, 2.24) is 4.57 Å². The molecule has 0 saturated heterocycles. The fourth-order valence-electron chi connectivity index (χ4n) is 2.88. The van der Waals surface area contributed by atoms with Crippen LogP contribution in [-0.2, 0) is 13.0 Å². The molecular weight excluding hydrogens is 294 g/mol. The fraction of sp³-hybridized carbons (Fsp3) is 0.211. The first-order valence-corrected chi connectivity index (χ1v) is 7.86. The Kier molecular flexibility index (Phi) is 4.30. The van der Waals surface area contributed by atoms with E-state index in [4.69, 9.17) is 11.6 Å². The maximum Gasteiger partial charge on any atom is 0.252 e. The first-order valence-electron chi connectivity index (χ1n) is 7.48. The van der Waals surface area contributed by atoms with Crippen molar-refractivity contribution < 1.29 is 4.79 Å². The number of carbonyl (C=O) groups is 1. The summed E-state index contributed by atoms with van der Waals surface area (Å²) in [5, 5.41) is 0.776. The van der Waals surface area contributed by atoms with E-state index in [2.05, 4.69) is 42.0 Å². The van der Waals surface area contributed by atoms with Gasteiger partial charge in [-0.2, -0.15) is 0 Å². The minimum Gasteiger partial charge on any atom is -0.347 e. The van der Waals surface area contributed by atoms with Gasteiger partial charge in [0.25, 0.3) is 5.24 Å². The zero-order chi connectivity index (χ0) is 15.5. The summed E-state index contributed by atoms with van der Waals surface area (Å²) in [4.78, 5) is 11.4. The molecule has 3 rings (SSSR count). The SMILES string of the molecule is Cc1cn(CCCc2ccccc2)c2cc(C(=O)Cl)ccc12. The zero-order valence-electron chi connectivity index (χ0n) is 12.6. The van der Waals surface area contributed by atoms with Gasteiger partial charge in [-0.15, -0.1) is 0 Å². The number of hydrogen-bond acceptors (Lipinski definition) is 1. The normalized spacial score (nSPS) is 11.0. The lowest BCUT2D eigenvalue weighted by atomic mass is 10.1. The average Bonchev–Trinajstić information content (AvgIpc) is 2.84. The first-order chi connectivity index (χ1) is 10.6. The molecular formula is C19H18ClNO. The second kappa shape index (κ2) is 6.37. The highest BCUT2D eigenvalue weighted by atomic mass is 35.5. The molecule has 0 spiro atoms. The summed E-state index contributed by atoms with van der Waals surface area (Å²) in [6, 6.07) is 16.2. The monoisotopic (exact) mass is 311 g/mol. The molecule has 3 heteroatoms. The van der Waals surface area contributed by atoms with E-state index in [1.54, 1.807) is 6.07 Å². The van der Waals surface area contributed by atoms with Crippen LogP contribution in [0.2, 0.25) is 0 Å². The molecule has 0 fully saturated rings. The zero-order valence-corrected chi connectivity index (χ0v) is 13.3. The molecule has 0 amide bonds. The van der Waals surface area contributed by atoms with Crippen molar-refractivity contribution >= 4 is 27.7 Å². The first kappa shape index (κ1) is 14.9. The minimum absolute atomic E-state index is 0.406. The van der Waals surface area contributed by atoms with Crippen molar-refractivity contribution in [2.24, 2.45) is 0 Å². The van der Waals surface area contributed by atoms with Crippen LogP contribution in [0.1, 0.15) is 27.9 Å². The summed E-state index contributed by atoms with van der Waals surface area (Å²) >= 11 is 5.60. The van der Waals surface area contributed by atoms with Crippen molar-refractivity contribution in [3.63, 3.8) is 0 Å². The number of fused-ring (bicyclic) bond motifs is 1. The van der Waals surface area contributed by atoms with Crippen LogP contribution < -0.4 is 0 Å². The van der Waals surface area contributed by atoms with Gasteiger partial charge in [0.05, 0.1) is 0 Å². The second-order valence-electron chi connectivity index (χ2n) is 5.60. The summed E-state index contributed by atoms with van der Waals surface area (Å²) in [5.74, 6) is 0. The molecule has 1 aromatic heterocycles. The molecule has 2 aromatic carbocycles. The number of halogens is 1. The van der Waals surface area contributed by atoms with E-state index in [1.165, 1.54) is 16.5 Å². The van der Waals surface area contributed by atoms with Crippen molar-refractivity contribution in [3.05, 3.63) is 71.4 Å². The van der Waals surface area contributed by atoms with E-state index < -0.39 is 5.24 Å². The molecule has 0 aliphatic rings. The van der Waals surface area contributed by atoms with Crippen LogP contribution >= 0.6 is 11.6 Å². The van der Waals surface area contributed by atoms with Crippen molar-refractivity contribution in [2.75, 3.05) is 0 Å². The van der Waals surface area contributed by atoms with Gasteiger partial charge < -0.3 is 4.57 Å². The number of carbonyl (C=O) groups excluding carboxylic acids is 1. The van der Waals surface area contributed by atoms with Gasteiger partial charge in [-0.3, -0.25) is 4.79 Å². The predicted molar refractivity (Wildman–Crippen MR) is 91.6 cm³/mol. The summed E-state index contributed by atoms with van der Waals surface area (Å²) in [6.45, 7) is 3.03. The van der Waals surface area contributed by atoms with Gasteiger partial charge in [0.2, 0.25) is 0 Å². The van der Waals surface area contributed by atoms with E-state index >= 15 is 0 Å². The van der Waals surface area contributed by atoms with Crippen LogP contribution in [-0.4, -0.2) is 9.81 Å². The quantitative estimate of drug-likeness (QED) is 0.610. The molecule has 3 aromatic rings. The number of hydrogen-bond donors (Lipinski definition) is 0. The van der Waals surface area contributed by atoms with Gasteiger partial charge in [-0.1, -0.05) is 36.4 Å². The van der Waals surface area contributed by atoms with Crippen molar-refractivity contribution in [3.8, 4) is 0 Å². The molecule has 112 valence electrons. The maximum absolute atomic E-state index is 11.4. The highest BCUT2D eigenvalue weighted by Gasteiger charge is 2.09. The number of nitrogens with zero attached hydrogens (tertiary/aromatic N) is 1. The smallest absolute Gasteiger partial charge is 0.252 e. The van der Waals surface area contributed by atoms with Gasteiger partial charge in [-0.25, -0.2) is 0 Å². The topological polar surface area (TPSA) is 22.0 Å². The Morgan fingerprint density at radius 3 is 2.64 bits per heavy atom. The summed E-state index contributed by atoms with van der Waals surface area (Å²) in [6.07, 6.45) is 4.26. The Morgan fingerprint density at radius 1 is 1.14 bits per heavy atom. The molecule has 0 aliphatic heterocycles. The van der Waals surface area contributed by atoms with E-state index in [0.29, 0.717) is 5.56 Å². The Bertz CT molecular complexity index is 805. The Balaban J connectivity index is 1.81. The third-order valence-corrected chi connectivity index (χ3v) is 4.23. The molecule has 0 atom stereocenters. The lowest BCUT2D eigenvalue weighted by molar-refractivity contribution is 0.108. The average molecular weight is 312 g/mol. The Hall–Kier alpha value is -2.06. The van der Waals surface area contributed by atoms with Crippen LogP contribution in [0, 0.1) is 6.92 Å². The highest BCUT2D eigenvalue weighted by Crippen LogP contribution is 2.23. The third-order valence-electron chi connectivity index (χ3n) is 4.02. The molecule has 0 N–H and O–H groups in total. The van der Waals surface area contributed by atoms with Gasteiger partial charge in [0.15, 0.2) is 0 Å².